The summed E-state index contributed by atoms with van der Waals surface area (Å²) in [6, 6.07) is 1.41. The molecule has 1 N–H and O–H groups in total. The van der Waals surface area contributed by atoms with Gasteiger partial charge < -0.3 is 9.15 Å². The molecule has 0 saturated carbocycles. The van der Waals surface area contributed by atoms with Crippen molar-refractivity contribution in [1.29, 1.82) is 0 Å². The Morgan fingerprint density at radius 3 is 2.89 bits per heavy atom. The van der Waals surface area contributed by atoms with Crippen LogP contribution in [0.4, 0.5) is 0 Å². The van der Waals surface area contributed by atoms with Crippen molar-refractivity contribution in [2.75, 3.05) is 7.11 Å². The first kappa shape index (κ1) is 14.0. The highest BCUT2D eigenvalue weighted by Crippen LogP contribution is 2.24. The standard InChI is InChI=1S/C10H10BrN3O4S/c1-17-10-9(2-7(11)3-13-10)19(15,16)14-5-8-4-12-6-18-8/h2-4,6,14H,5H2,1H3. The van der Waals surface area contributed by atoms with Crippen molar-refractivity contribution in [2.24, 2.45) is 0 Å². The lowest BCUT2D eigenvalue weighted by atomic mass is 10.5. The first-order valence-corrected chi connectivity index (χ1v) is 7.37. The molecule has 0 aliphatic carbocycles. The molecular weight excluding hydrogens is 338 g/mol. The van der Waals surface area contributed by atoms with E-state index in [1.54, 1.807) is 0 Å². The molecule has 0 bridgehead atoms. The Morgan fingerprint density at radius 2 is 2.26 bits per heavy atom. The van der Waals surface area contributed by atoms with Crippen molar-refractivity contribution in [3.63, 3.8) is 0 Å². The minimum Gasteiger partial charge on any atom is -0.480 e. The second-order valence-corrected chi connectivity index (χ2v) is 6.10. The van der Waals surface area contributed by atoms with Crippen molar-refractivity contribution in [3.8, 4) is 5.88 Å². The number of ether oxygens (including phenoxy) is 1. The fraction of sp³-hybridized carbons (Fsp3) is 0.200. The zero-order chi connectivity index (χ0) is 13.9. The summed E-state index contributed by atoms with van der Waals surface area (Å²) in [5, 5.41) is 0. The number of nitrogens with zero attached hydrogens (tertiary/aromatic N) is 2. The van der Waals surface area contributed by atoms with Gasteiger partial charge in [0.25, 0.3) is 0 Å². The number of rotatable bonds is 5. The lowest BCUT2D eigenvalue weighted by Gasteiger charge is -2.09. The smallest absolute Gasteiger partial charge is 0.246 e. The number of methoxy groups -OCH3 is 1. The van der Waals surface area contributed by atoms with E-state index >= 15 is 0 Å². The van der Waals surface area contributed by atoms with Crippen molar-refractivity contribution in [1.82, 2.24) is 14.7 Å². The van der Waals surface area contributed by atoms with E-state index in [0.29, 0.717) is 10.2 Å². The number of aromatic nitrogens is 2. The van der Waals surface area contributed by atoms with Crippen LogP contribution in [0.5, 0.6) is 5.88 Å². The second kappa shape index (κ2) is 5.68. The number of sulfonamides is 1. The summed E-state index contributed by atoms with van der Waals surface area (Å²) in [5.74, 6) is 0.429. The molecule has 0 atom stereocenters. The van der Waals surface area contributed by atoms with Crippen LogP contribution < -0.4 is 9.46 Å². The summed E-state index contributed by atoms with van der Waals surface area (Å²) in [6.07, 6.45) is 4.11. The molecule has 9 heteroatoms. The average molecular weight is 348 g/mol. The quantitative estimate of drug-likeness (QED) is 0.876. The zero-order valence-corrected chi connectivity index (χ0v) is 12.2. The van der Waals surface area contributed by atoms with Crippen LogP contribution in [0, 0.1) is 0 Å². The SMILES string of the molecule is COc1ncc(Br)cc1S(=O)(=O)NCc1cnco1. The van der Waals surface area contributed by atoms with Crippen LogP contribution in [0.3, 0.4) is 0 Å². The monoisotopic (exact) mass is 347 g/mol. The molecule has 2 heterocycles. The van der Waals surface area contributed by atoms with E-state index in [0.717, 1.165) is 0 Å². The largest absolute Gasteiger partial charge is 0.480 e. The van der Waals surface area contributed by atoms with Crippen molar-refractivity contribution in [3.05, 3.63) is 35.1 Å². The molecule has 102 valence electrons. The van der Waals surface area contributed by atoms with E-state index in [9.17, 15) is 8.42 Å². The van der Waals surface area contributed by atoms with E-state index in [1.807, 2.05) is 0 Å². The second-order valence-electron chi connectivity index (χ2n) is 3.45. The number of pyridine rings is 1. The van der Waals surface area contributed by atoms with Gasteiger partial charge in [-0.3, -0.25) is 0 Å². The number of nitrogens with one attached hydrogen (secondary N) is 1. The van der Waals surface area contributed by atoms with E-state index in [2.05, 4.69) is 30.6 Å². The van der Waals surface area contributed by atoms with E-state index in [-0.39, 0.29) is 17.3 Å². The Morgan fingerprint density at radius 1 is 1.47 bits per heavy atom. The van der Waals surface area contributed by atoms with E-state index in [4.69, 9.17) is 9.15 Å². The topological polar surface area (TPSA) is 94.3 Å². The molecule has 0 radical (unpaired) electrons. The van der Waals surface area contributed by atoms with Crippen LogP contribution in [0.1, 0.15) is 5.76 Å². The number of oxazole rings is 1. The summed E-state index contributed by atoms with van der Waals surface area (Å²) in [6.45, 7) is -0.00198. The van der Waals surface area contributed by atoms with Gasteiger partial charge in [-0.15, -0.1) is 0 Å². The lowest BCUT2D eigenvalue weighted by molar-refractivity contribution is 0.384. The third kappa shape index (κ3) is 3.31. The zero-order valence-electron chi connectivity index (χ0n) is 9.83. The predicted octanol–water partition coefficient (Wildman–Crippen LogP) is 1.32. The van der Waals surface area contributed by atoms with Gasteiger partial charge in [0.1, 0.15) is 10.7 Å². The average Bonchev–Trinajstić information content (AvgIpc) is 2.89. The maximum atomic E-state index is 12.1. The molecule has 0 spiro atoms. The van der Waals surface area contributed by atoms with Gasteiger partial charge in [-0.1, -0.05) is 0 Å². The summed E-state index contributed by atoms with van der Waals surface area (Å²) < 4.78 is 37.1. The van der Waals surface area contributed by atoms with Crippen molar-refractivity contribution < 1.29 is 17.6 Å². The van der Waals surface area contributed by atoms with Crippen molar-refractivity contribution in [2.45, 2.75) is 11.4 Å². The summed E-state index contributed by atoms with van der Waals surface area (Å²) >= 11 is 3.17. The molecule has 2 aromatic rings. The van der Waals surface area contributed by atoms with Gasteiger partial charge in [0.05, 0.1) is 19.9 Å². The Kier molecular flexibility index (Phi) is 4.17. The molecule has 2 aromatic heterocycles. The number of hydrogen-bond acceptors (Lipinski definition) is 6. The first-order valence-electron chi connectivity index (χ1n) is 5.09. The molecule has 7 nitrogen and oxygen atoms in total. The summed E-state index contributed by atoms with van der Waals surface area (Å²) in [4.78, 5) is 7.53. The molecular formula is C10H10BrN3O4S. The molecule has 0 saturated heterocycles. The third-order valence-electron chi connectivity index (χ3n) is 2.19. The van der Waals surface area contributed by atoms with Gasteiger partial charge in [-0.05, 0) is 22.0 Å². The molecule has 0 unspecified atom stereocenters. The molecule has 0 aliphatic heterocycles. The van der Waals surface area contributed by atoms with Gasteiger partial charge in [-0.25, -0.2) is 23.1 Å². The lowest BCUT2D eigenvalue weighted by Crippen LogP contribution is -2.23. The summed E-state index contributed by atoms with van der Waals surface area (Å²) in [7, 11) is -2.40. The maximum absolute atomic E-state index is 12.1. The molecule has 0 fully saturated rings. The van der Waals surface area contributed by atoms with Gasteiger partial charge in [0.2, 0.25) is 15.9 Å². The minimum atomic E-state index is -3.76. The van der Waals surface area contributed by atoms with Gasteiger partial charge in [0.15, 0.2) is 6.39 Å². The Labute approximate surface area is 118 Å². The highest BCUT2D eigenvalue weighted by Gasteiger charge is 2.21. The first-order chi connectivity index (χ1) is 9.03. The van der Waals surface area contributed by atoms with E-state index < -0.39 is 10.0 Å². The molecule has 0 aliphatic rings. The van der Waals surface area contributed by atoms with Crippen LogP contribution in [0.25, 0.3) is 0 Å². The van der Waals surface area contributed by atoms with Crippen LogP contribution in [-0.4, -0.2) is 25.5 Å². The number of hydrogen-bond donors (Lipinski definition) is 1. The highest BCUT2D eigenvalue weighted by atomic mass is 79.9. The fourth-order valence-electron chi connectivity index (χ4n) is 1.33. The normalized spacial score (nSPS) is 11.5. The number of halogens is 1. The van der Waals surface area contributed by atoms with Gasteiger partial charge in [-0.2, -0.15) is 0 Å². The molecule has 19 heavy (non-hydrogen) atoms. The molecule has 2 rings (SSSR count). The molecule has 0 amide bonds. The van der Waals surface area contributed by atoms with Gasteiger partial charge >= 0.3 is 0 Å². The van der Waals surface area contributed by atoms with Crippen LogP contribution in [-0.2, 0) is 16.6 Å². The van der Waals surface area contributed by atoms with Crippen LogP contribution >= 0.6 is 15.9 Å². The fourth-order valence-corrected chi connectivity index (χ4v) is 2.95. The maximum Gasteiger partial charge on any atom is 0.246 e. The highest BCUT2D eigenvalue weighted by molar-refractivity contribution is 9.10. The van der Waals surface area contributed by atoms with Crippen molar-refractivity contribution >= 4 is 26.0 Å². The Balaban J connectivity index is 2.26. The third-order valence-corrected chi connectivity index (χ3v) is 4.02. The molecule has 0 aromatic carbocycles. The minimum absolute atomic E-state index is 0.00198. The van der Waals surface area contributed by atoms with Crippen LogP contribution in [0.2, 0.25) is 0 Å². The van der Waals surface area contributed by atoms with Gasteiger partial charge in [0, 0.05) is 10.7 Å². The predicted molar refractivity (Wildman–Crippen MR) is 69.0 cm³/mol. The van der Waals surface area contributed by atoms with Crippen LogP contribution in [0.15, 0.2) is 38.6 Å². The summed E-state index contributed by atoms with van der Waals surface area (Å²) in [5.41, 5.74) is 0. The van der Waals surface area contributed by atoms with E-state index in [1.165, 1.54) is 32.0 Å². The Hall–Kier alpha value is -1.45. The Bertz CT molecular complexity index is 657.